The van der Waals surface area contributed by atoms with Gasteiger partial charge in [-0.05, 0) is 13.0 Å². The van der Waals surface area contributed by atoms with Crippen LogP contribution >= 0.6 is 0 Å². The molecule has 0 spiro atoms. The lowest BCUT2D eigenvalue weighted by molar-refractivity contribution is -0.387. The molecule has 20 heavy (non-hydrogen) atoms. The number of halogens is 2. The molecule has 0 bridgehead atoms. The second-order valence-corrected chi connectivity index (χ2v) is 4.35. The fraction of sp³-hybridized carbons (Fsp3) is 0.364. The minimum atomic E-state index is -1.68. The molecule has 1 rings (SSSR count). The Hall–Kier alpha value is -2.13. The first-order valence-corrected chi connectivity index (χ1v) is 5.43. The number of amides is 1. The SMILES string of the molecule is CC(O)(CO)CNC(=O)c1c(F)ccc([N+](=O)[O-])c1F. The van der Waals surface area contributed by atoms with Crippen molar-refractivity contribution in [2.75, 3.05) is 13.2 Å². The normalized spacial score (nSPS) is 13.7. The van der Waals surface area contributed by atoms with Crippen molar-refractivity contribution in [2.45, 2.75) is 12.5 Å². The first-order chi connectivity index (χ1) is 9.19. The molecule has 1 atom stereocenters. The van der Waals surface area contributed by atoms with E-state index >= 15 is 0 Å². The average molecular weight is 290 g/mol. The average Bonchev–Trinajstić information content (AvgIpc) is 2.36. The van der Waals surface area contributed by atoms with Crippen LogP contribution in [0, 0.1) is 21.7 Å². The predicted octanol–water partition coefficient (Wildman–Crippen LogP) is 0.346. The van der Waals surface area contributed by atoms with Gasteiger partial charge in [0.05, 0.1) is 11.5 Å². The van der Waals surface area contributed by atoms with Gasteiger partial charge in [0.15, 0.2) is 0 Å². The van der Waals surface area contributed by atoms with Crippen molar-refractivity contribution in [3.63, 3.8) is 0 Å². The molecular weight excluding hydrogens is 278 g/mol. The van der Waals surface area contributed by atoms with Crippen LogP contribution in [0.4, 0.5) is 14.5 Å². The van der Waals surface area contributed by atoms with Gasteiger partial charge in [0.2, 0.25) is 5.82 Å². The Morgan fingerprint density at radius 2 is 2.10 bits per heavy atom. The van der Waals surface area contributed by atoms with Crippen molar-refractivity contribution in [1.29, 1.82) is 0 Å². The molecule has 0 fully saturated rings. The van der Waals surface area contributed by atoms with Crippen LogP contribution in [0.15, 0.2) is 12.1 Å². The number of nitro benzene ring substituents is 1. The quantitative estimate of drug-likeness (QED) is 0.535. The van der Waals surface area contributed by atoms with E-state index in [1.54, 1.807) is 0 Å². The Balaban J connectivity index is 3.04. The van der Waals surface area contributed by atoms with Gasteiger partial charge in [-0.2, -0.15) is 4.39 Å². The van der Waals surface area contributed by atoms with Crippen LogP contribution in [-0.2, 0) is 0 Å². The van der Waals surface area contributed by atoms with Crippen LogP contribution in [0.25, 0.3) is 0 Å². The lowest BCUT2D eigenvalue weighted by Gasteiger charge is -2.20. The predicted molar refractivity (Wildman–Crippen MR) is 63.1 cm³/mol. The molecule has 1 unspecified atom stereocenters. The third kappa shape index (κ3) is 3.45. The monoisotopic (exact) mass is 290 g/mol. The Morgan fingerprint density at radius 1 is 1.50 bits per heavy atom. The number of carbonyl (C=O) groups excluding carboxylic acids is 1. The molecule has 1 amide bonds. The molecule has 0 radical (unpaired) electrons. The maximum atomic E-state index is 13.7. The van der Waals surface area contributed by atoms with Crippen LogP contribution in [0.1, 0.15) is 17.3 Å². The summed E-state index contributed by atoms with van der Waals surface area (Å²) >= 11 is 0. The number of hydrogen-bond acceptors (Lipinski definition) is 5. The van der Waals surface area contributed by atoms with Crippen LogP contribution < -0.4 is 5.32 Å². The number of aliphatic hydroxyl groups is 2. The summed E-state index contributed by atoms with van der Waals surface area (Å²) in [6.45, 7) is 0.0184. The number of nitrogens with one attached hydrogen (secondary N) is 1. The van der Waals surface area contributed by atoms with Gasteiger partial charge in [0.25, 0.3) is 5.91 Å². The first-order valence-electron chi connectivity index (χ1n) is 5.43. The summed E-state index contributed by atoms with van der Waals surface area (Å²) in [7, 11) is 0. The summed E-state index contributed by atoms with van der Waals surface area (Å²) in [6, 6.07) is 1.20. The third-order valence-electron chi connectivity index (χ3n) is 2.46. The lowest BCUT2D eigenvalue weighted by Crippen LogP contribution is -2.43. The van der Waals surface area contributed by atoms with E-state index in [-0.39, 0.29) is 0 Å². The van der Waals surface area contributed by atoms with Crippen molar-refractivity contribution < 1.29 is 28.7 Å². The molecule has 1 aromatic rings. The maximum absolute atomic E-state index is 13.7. The van der Waals surface area contributed by atoms with Crippen molar-refractivity contribution in [3.8, 4) is 0 Å². The zero-order valence-corrected chi connectivity index (χ0v) is 10.4. The summed E-state index contributed by atoms with van der Waals surface area (Å²) in [5.74, 6) is -4.14. The van der Waals surface area contributed by atoms with Crippen molar-refractivity contribution in [2.24, 2.45) is 0 Å². The van der Waals surface area contributed by atoms with Crippen molar-refractivity contribution in [1.82, 2.24) is 5.32 Å². The fourth-order valence-corrected chi connectivity index (χ4v) is 1.31. The van der Waals surface area contributed by atoms with E-state index in [1.165, 1.54) is 6.92 Å². The van der Waals surface area contributed by atoms with Crippen LogP contribution in [0.2, 0.25) is 0 Å². The first kappa shape index (κ1) is 15.9. The second-order valence-electron chi connectivity index (χ2n) is 4.35. The number of rotatable bonds is 5. The number of carbonyl (C=O) groups is 1. The highest BCUT2D eigenvalue weighted by Gasteiger charge is 2.27. The van der Waals surface area contributed by atoms with Crippen molar-refractivity contribution in [3.05, 3.63) is 39.4 Å². The van der Waals surface area contributed by atoms with E-state index in [2.05, 4.69) is 0 Å². The summed E-state index contributed by atoms with van der Waals surface area (Å²) in [4.78, 5) is 21.0. The van der Waals surface area contributed by atoms with Gasteiger partial charge in [-0.15, -0.1) is 0 Å². The molecule has 1 aromatic carbocycles. The smallest absolute Gasteiger partial charge is 0.305 e. The Morgan fingerprint density at radius 3 is 2.60 bits per heavy atom. The number of nitro groups is 1. The maximum Gasteiger partial charge on any atom is 0.305 e. The molecule has 0 aliphatic carbocycles. The zero-order valence-electron chi connectivity index (χ0n) is 10.4. The molecule has 0 aromatic heterocycles. The number of hydrogen-bond donors (Lipinski definition) is 3. The third-order valence-corrected chi connectivity index (χ3v) is 2.46. The molecule has 9 heteroatoms. The number of nitrogens with zero attached hydrogens (tertiary/aromatic N) is 1. The lowest BCUT2D eigenvalue weighted by atomic mass is 10.1. The standard InChI is InChI=1S/C11H12F2N2O5/c1-11(18,5-16)4-14-10(17)8-6(12)2-3-7(9(8)13)15(19)20/h2-3,16,18H,4-5H2,1H3,(H,14,17). The highest BCUT2D eigenvalue weighted by Crippen LogP contribution is 2.23. The summed E-state index contributed by atoms with van der Waals surface area (Å²) in [5, 5.41) is 30.7. The molecule has 0 aliphatic heterocycles. The van der Waals surface area contributed by atoms with Gasteiger partial charge >= 0.3 is 5.69 Å². The van der Waals surface area contributed by atoms with E-state index in [4.69, 9.17) is 5.11 Å². The summed E-state index contributed by atoms with van der Waals surface area (Å²) in [6.07, 6.45) is 0. The van der Waals surface area contributed by atoms with Gasteiger partial charge in [0, 0.05) is 12.6 Å². The molecule has 110 valence electrons. The minimum absolute atomic E-state index is 0.482. The van der Waals surface area contributed by atoms with Gasteiger partial charge in [-0.1, -0.05) is 0 Å². The fourth-order valence-electron chi connectivity index (χ4n) is 1.31. The van der Waals surface area contributed by atoms with E-state index < -0.39 is 52.5 Å². The molecule has 0 saturated carbocycles. The Bertz CT molecular complexity index is 548. The van der Waals surface area contributed by atoms with Gasteiger partial charge < -0.3 is 15.5 Å². The molecule has 3 N–H and O–H groups in total. The molecule has 7 nitrogen and oxygen atoms in total. The minimum Gasteiger partial charge on any atom is -0.393 e. The van der Waals surface area contributed by atoms with Crippen LogP contribution in [0.3, 0.4) is 0 Å². The molecule has 0 saturated heterocycles. The molecule has 0 heterocycles. The van der Waals surface area contributed by atoms with Crippen LogP contribution in [0.5, 0.6) is 0 Å². The van der Waals surface area contributed by atoms with E-state index in [0.717, 1.165) is 0 Å². The Kier molecular flexibility index (Phi) is 4.69. The van der Waals surface area contributed by atoms with Crippen molar-refractivity contribution >= 4 is 11.6 Å². The van der Waals surface area contributed by atoms with E-state index in [9.17, 15) is 28.8 Å². The van der Waals surface area contributed by atoms with Gasteiger partial charge in [-0.3, -0.25) is 14.9 Å². The largest absolute Gasteiger partial charge is 0.393 e. The number of aliphatic hydroxyl groups excluding tert-OH is 1. The van der Waals surface area contributed by atoms with E-state index in [0.29, 0.717) is 12.1 Å². The topological polar surface area (TPSA) is 113 Å². The second kappa shape index (κ2) is 5.88. The number of benzene rings is 1. The summed E-state index contributed by atoms with van der Waals surface area (Å²) in [5.41, 5.74) is -3.83. The molecular formula is C11H12F2N2O5. The highest BCUT2D eigenvalue weighted by atomic mass is 19.1. The Labute approximate surface area is 112 Å². The van der Waals surface area contributed by atoms with Gasteiger partial charge in [0.1, 0.15) is 17.0 Å². The zero-order chi connectivity index (χ0) is 15.5. The summed E-state index contributed by atoms with van der Waals surface area (Å²) < 4.78 is 27.1. The highest BCUT2D eigenvalue weighted by molar-refractivity contribution is 5.95. The van der Waals surface area contributed by atoms with Crippen LogP contribution in [-0.4, -0.2) is 39.8 Å². The van der Waals surface area contributed by atoms with Gasteiger partial charge in [-0.25, -0.2) is 4.39 Å². The van der Waals surface area contributed by atoms with E-state index in [1.807, 2.05) is 5.32 Å². The molecule has 0 aliphatic rings.